The topological polar surface area (TPSA) is 61.4 Å². The van der Waals surface area contributed by atoms with Gasteiger partial charge in [-0.15, -0.1) is 0 Å². The lowest BCUT2D eigenvalue weighted by Gasteiger charge is -2.39. The van der Waals surface area contributed by atoms with Crippen LogP contribution in [0.5, 0.6) is 0 Å². The van der Waals surface area contributed by atoms with Crippen molar-refractivity contribution in [3.05, 3.63) is 0 Å². The molecule has 1 saturated heterocycles. The van der Waals surface area contributed by atoms with Gasteiger partial charge in [-0.3, -0.25) is 4.79 Å². The van der Waals surface area contributed by atoms with E-state index in [0.717, 1.165) is 45.1 Å². The second kappa shape index (κ2) is 6.02. The summed E-state index contributed by atoms with van der Waals surface area (Å²) in [6, 6.07) is -0.0795. The van der Waals surface area contributed by atoms with Gasteiger partial charge in [0.25, 0.3) is 0 Å². The molecule has 18 heavy (non-hydrogen) atoms. The average molecular weight is 254 g/mol. The second-order valence-electron chi connectivity index (χ2n) is 6.04. The smallest absolute Gasteiger partial charge is 0.237 e. The van der Waals surface area contributed by atoms with Crippen molar-refractivity contribution in [3.63, 3.8) is 0 Å². The van der Waals surface area contributed by atoms with Crippen LogP contribution >= 0.6 is 0 Å². The summed E-state index contributed by atoms with van der Waals surface area (Å²) in [4.78, 5) is 12.4. The Morgan fingerprint density at radius 2 is 2.06 bits per heavy atom. The van der Waals surface area contributed by atoms with Crippen molar-refractivity contribution < 1.29 is 9.90 Å². The van der Waals surface area contributed by atoms with E-state index in [1.54, 1.807) is 0 Å². The third-order valence-electron chi connectivity index (χ3n) is 4.55. The van der Waals surface area contributed by atoms with Crippen molar-refractivity contribution in [1.82, 2.24) is 10.6 Å². The van der Waals surface area contributed by atoms with Crippen LogP contribution in [0, 0.1) is 5.92 Å². The summed E-state index contributed by atoms with van der Waals surface area (Å²) < 4.78 is 0. The number of carbonyl (C=O) groups excluding carboxylic acids is 1. The average Bonchev–Trinajstić information content (AvgIpc) is 2.40. The van der Waals surface area contributed by atoms with Gasteiger partial charge in [-0.25, -0.2) is 0 Å². The van der Waals surface area contributed by atoms with Gasteiger partial charge >= 0.3 is 0 Å². The van der Waals surface area contributed by atoms with E-state index in [0.29, 0.717) is 5.92 Å². The third kappa shape index (κ3) is 3.04. The maximum atomic E-state index is 12.4. The summed E-state index contributed by atoms with van der Waals surface area (Å²) >= 11 is 0. The van der Waals surface area contributed by atoms with Crippen molar-refractivity contribution >= 4 is 5.91 Å². The molecule has 104 valence electrons. The molecule has 1 amide bonds. The number of aliphatic hydroxyl groups is 1. The zero-order chi connectivity index (χ0) is 13.0. The first-order chi connectivity index (χ1) is 8.67. The number of amides is 1. The largest absolute Gasteiger partial charge is 0.394 e. The molecule has 2 fully saturated rings. The first kappa shape index (κ1) is 13.8. The van der Waals surface area contributed by atoms with E-state index in [-0.39, 0.29) is 24.1 Å². The van der Waals surface area contributed by atoms with Crippen LogP contribution in [0.3, 0.4) is 0 Å². The lowest BCUT2D eigenvalue weighted by molar-refractivity contribution is -0.128. The van der Waals surface area contributed by atoms with Crippen LogP contribution in [0.25, 0.3) is 0 Å². The lowest BCUT2D eigenvalue weighted by atomic mass is 9.81. The van der Waals surface area contributed by atoms with Crippen molar-refractivity contribution in [2.75, 3.05) is 13.2 Å². The highest BCUT2D eigenvalue weighted by atomic mass is 16.3. The van der Waals surface area contributed by atoms with Crippen molar-refractivity contribution in [2.45, 2.75) is 63.5 Å². The van der Waals surface area contributed by atoms with Crippen molar-refractivity contribution in [1.29, 1.82) is 0 Å². The lowest BCUT2D eigenvalue weighted by Crippen LogP contribution is -2.59. The van der Waals surface area contributed by atoms with E-state index in [1.165, 1.54) is 6.42 Å². The molecule has 1 aliphatic heterocycles. The van der Waals surface area contributed by atoms with E-state index in [2.05, 4.69) is 17.6 Å². The Morgan fingerprint density at radius 1 is 1.33 bits per heavy atom. The molecule has 0 aromatic carbocycles. The summed E-state index contributed by atoms with van der Waals surface area (Å²) in [5.41, 5.74) is -0.353. The number of hydrogen-bond donors (Lipinski definition) is 3. The summed E-state index contributed by atoms with van der Waals surface area (Å²) in [5.74, 6) is 0.469. The van der Waals surface area contributed by atoms with Crippen molar-refractivity contribution in [2.24, 2.45) is 5.92 Å². The second-order valence-corrected chi connectivity index (χ2v) is 6.04. The van der Waals surface area contributed by atoms with E-state index in [1.807, 2.05) is 0 Å². The van der Waals surface area contributed by atoms with E-state index in [9.17, 15) is 9.90 Å². The zero-order valence-corrected chi connectivity index (χ0v) is 11.4. The monoisotopic (exact) mass is 254 g/mol. The molecular weight excluding hydrogens is 228 g/mol. The van der Waals surface area contributed by atoms with Gasteiger partial charge < -0.3 is 15.7 Å². The Balaban J connectivity index is 1.95. The Bertz CT molecular complexity index is 288. The number of rotatable bonds is 3. The minimum Gasteiger partial charge on any atom is -0.394 e. The molecule has 0 bridgehead atoms. The first-order valence-electron chi connectivity index (χ1n) is 7.33. The van der Waals surface area contributed by atoms with Crippen LogP contribution in [-0.4, -0.2) is 35.7 Å². The Hall–Kier alpha value is -0.610. The highest BCUT2D eigenvalue weighted by molar-refractivity contribution is 5.83. The molecule has 0 radical (unpaired) electrons. The summed E-state index contributed by atoms with van der Waals surface area (Å²) in [5, 5.41) is 16.1. The normalized spacial score (nSPS) is 31.9. The predicted octanol–water partition coefficient (Wildman–Crippen LogP) is 1.19. The Morgan fingerprint density at radius 3 is 2.67 bits per heavy atom. The molecule has 2 atom stereocenters. The molecule has 4 heteroatoms. The van der Waals surface area contributed by atoms with Gasteiger partial charge in [-0.05, 0) is 38.1 Å². The number of aliphatic hydroxyl groups excluding tert-OH is 1. The maximum Gasteiger partial charge on any atom is 0.237 e. The van der Waals surface area contributed by atoms with Crippen LogP contribution in [-0.2, 0) is 4.79 Å². The fourth-order valence-corrected chi connectivity index (χ4v) is 3.29. The highest BCUT2D eigenvalue weighted by Gasteiger charge is 2.36. The molecule has 2 unspecified atom stereocenters. The number of carbonyl (C=O) groups is 1. The molecule has 1 saturated carbocycles. The molecule has 1 heterocycles. The van der Waals surface area contributed by atoms with Crippen LogP contribution in [0.2, 0.25) is 0 Å². The summed E-state index contributed by atoms with van der Waals surface area (Å²) in [6.07, 6.45) is 7.51. The van der Waals surface area contributed by atoms with Gasteiger partial charge in [0.1, 0.15) is 0 Å². The molecule has 0 aromatic rings. The SMILES string of the molecule is CC1CCCNC1C(=O)NC1(CO)CCCCC1. The standard InChI is InChI=1S/C14H26N2O2/c1-11-6-5-9-15-12(11)13(18)16-14(10-17)7-3-2-4-8-14/h11-12,15,17H,2-10H2,1H3,(H,16,18). The molecule has 3 N–H and O–H groups in total. The molecular formula is C14H26N2O2. The Kier molecular flexibility index (Phi) is 4.62. The first-order valence-corrected chi connectivity index (χ1v) is 7.33. The minimum atomic E-state index is -0.353. The van der Waals surface area contributed by atoms with Crippen LogP contribution in [0.15, 0.2) is 0 Å². The predicted molar refractivity (Wildman–Crippen MR) is 71.2 cm³/mol. The number of hydrogen-bond acceptors (Lipinski definition) is 3. The maximum absolute atomic E-state index is 12.4. The molecule has 1 aliphatic carbocycles. The Labute approximate surface area is 110 Å². The number of piperidine rings is 1. The number of nitrogens with one attached hydrogen (secondary N) is 2. The van der Waals surface area contributed by atoms with Crippen LogP contribution in [0.4, 0.5) is 0 Å². The zero-order valence-electron chi connectivity index (χ0n) is 11.4. The van der Waals surface area contributed by atoms with Crippen LogP contribution in [0.1, 0.15) is 51.9 Å². The van der Waals surface area contributed by atoms with Gasteiger partial charge in [-0.1, -0.05) is 26.2 Å². The van der Waals surface area contributed by atoms with Gasteiger partial charge in [0, 0.05) is 0 Å². The molecule has 0 spiro atoms. The quantitative estimate of drug-likeness (QED) is 0.709. The summed E-state index contributed by atoms with van der Waals surface area (Å²) in [7, 11) is 0. The fourth-order valence-electron chi connectivity index (χ4n) is 3.29. The molecule has 2 aliphatic rings. The van der Waals surface area contributed by atoms with Gasteiger partial charge in [-0.2, -0.15) is 0 Å². The third-order valence-corrected chi connectivity index (χ3v) is 4.55. The minimum absolute atomic E-state index is 0.0693. The van der Waals surface area contributed by atoms with E-state index >= 15 is 0 Å². The van der Waals surface area contributed by atoms with Gasteiger partial charge in [0.2, 0.25) is 5.91 Å². The van der Waals surface area contributed by atoms with Crippen molar-refractivity contribution in [3.8, 4) is 0 Å². The highest BCUT2D eigenvalue weighted by Crippen LogP contribution is 2.28. The summed E-state index contributed by atoms with van der Waals surface area (Å²) in [6.45, 7) is 3.12. The van der Waals surface area contributed by atoms with Crippen LogP contribution < -0.4 is 10.6 Å². The molecule has 2 rings (SSSR count). The molecule has 0 aromatic heterocycles. The van der Waals surface area contributed by atoms with E-state index in [4.69, 9.17) is 0 Å². The van der Waals surface area contributed by atoms with Gasteiger partial charge in [0.15, 0.2) is 0 Å². The van der Waals surface area contributed by atoms with E-state index < -0.39 is 0 Å². The molecule has 4 nitrogen and oxygen atoms in total. The fraction of sp³-hybridized carbons (Fsp3) is 0.929. The van der Waals surface area contributed by atoms with Gasteiger partial charge in [0.05, 0.1) is 18.2 Å².